The molecule has 2 aliphatic heterocycles. The highest BCUT2D eigenvalue weighted by molar-refractivity contribution is 5.84. The maximum absolute atomic E-state index is 11.0. The van der Waals surface area contributed by atoms with Crippen LogP contribution in [0, 0.1) is 21.4 Å². The predicted octanol–water partition coefficient (Wildman–Crippen LogP) is 4.11. The molecule has 7 heteroatoms. The minimum Gasteiger partial charge on any atom is -0.498 e. The Bertz CT molecular complexity index is 1090. The third-order valence-electron chi connectivity index (χ3n) is 6.26. The van der Waals surface area contributed by atoms with E-state index in [4.69, 9.17) is 9.47 Å². The van der Waals surface area contributed by atoms with E-state index in [2.05, 4.69) is 24.0 Å². The number of benzene rings is 1. The highest BCUT2D eigenvalue weighted by Gasteiger charge is 2.42. The highest BCUT2D eigenvalue weighted by Crippen LogP contribution is 2.47. The van der Waals surface area contributed by atoms with Gasteiger partial charge in [0.25, 0.3) is 5.69 Å². The van der Waals surface area contributed by atoms with E-state index < -0.39 is 10.5 Å². The van der Waals surface area contributed by atoms with Crippen molar-refractivity contribution in [3.05, 3.63) is 80.3 Å². The maximum atomic E-state index is 11.0. The zero-order chi connectivity index (χ0) is 21.6. The number of fused-ring (bicyclic) bond motifs is 2. The Morgan fingerprint density at radius 1 is 1.30 bits per heavy atom. The van der Waals surface area contributed by atoms with Crippen molar-refractivity contribution in [2.45, 2.75) is 31.9 Å². The monoisotopic (exact) mass is 405 g/mol. The summed E-state index contributed by atoms with van der Waals surface area (Å²) < 4.78 is 11.3. The number of nitro groups is 1. The first-order valence-corrected chi connectivity index (χ1v) is 9.78. The van der Waals surface area contributed by atoms with Gasteiger partial charge in [-0.25, -0.2) is 0 Å². The lowest BCUT2D eigenvalue weighted by molar-refractivity contribution is -0.384. The molecule has 0 saturated heterocycles. The fourth-order valence-electron chi connectivity index (χ4n) is 4.62. The average molecular weight is 405 g/mol. The molecule has 154 valence electrons. The first kappa shape index (κ1) is 19.9. The summed E-state index contributed by atoms with van der Waals surface area (Å²) in [5, 5.41) is 21.1. The molecule has 0 spiro atoms. The van der Waals surface area contributed by atoms with Gasteiger partial charge in [0.1, 0.15) is 17.4 Å². The second kappa shape index (κ2) is 7.15. The van der Waals surface area contributed by atoms with Crippen LogP contribution in [0.2, 0.25) is 0 Å². The lowest BCUT2D eigenvalue weighted by Crippen LogP contribution is -2.37. The van der Waals surface area contributed by atoms with Crippen molar-refractivity contribution in [3.63, 3.8) is 0 Å². The number of hydrogen-bond donors (Lipinski definition) is 0. The summed E-state index contributed by atoms with van der Waals surface area (Å²) in [5.41, 5.74) is 4.72. The summed E-state index contributed by atoms with van der Waals surface area (Å²) in [4.78, 5) is 12.8. The second-order valence-electron chi connectivity index (χ2n) is 7.78. The summed E-state index contributed by atoms with van der Waals surface area (Å²) in [7, 11) is 3.27. The van der Waals surface area contributed by atoms with E-state index in [1.165, 1.54) is 12.1 Å². The van der Waals surface area contributed by atoms with Crippen molar-refractivity contribution < 1.29 is 14.4 Å². The normalized spacial score (nSPS) is 25.3. The van der Waals surface area contributed by atoms with Gasteiger partial charge in [0.05, 0.1) is 29.3 Å². The standard InChI is InChI=1S/C23H23N3O4/c1-14-21(15-5-7-17(8-6-15)26(27)28)19(13-24)22-18-11-20(29-3)23(2,30-4)12-16(18)9-10-25(14)22/h5-8,11-12,14H,9-10H2,1-4H3. The van der Waals surface area contributed by atoms with E-state index in [0.717, 1.165) is 40.9 Å². The number of rotatable bonds is 4. The van der Waals surface area contributed by atoms with E-state index >= 15 is 0 Å². The molecule has 0 amide bonds. The summed E-state index contributed by atoms with van der Waals surface area (Å²) in [5.74, 6) is 0.687. The van der Waals surface area contributed by atoms with Gasteiger partial charge in [0.15, 0.2) is 0 Å². The molecule has 0 saturated carbocycles. The zero-order valence-corrected chi connectivity index (χ0v) is 17.4. The number of allylic oxidation sites excluding steroid dienone is 3. The van der Waals surface area contributed by atoms with Gasteiger partial charge in [-0.2, -0.15) is 5.26 Å². The number of ether oxygens (including phenoxy) is 2. The number of non-ortho nitro benzene ring substituents is 1. The summed E-state index contributed by atoms with van der Waals surface area (Å²) in [6, 6.07) is 8.80. The van der Waals surface area contributed by atoms with Crippen LogP contribution in [0.25, 0.3) is 5.57 Å². The lowest BCUT2D eigenvalue weighted by atomic mass is 9.83. The molecule has 0 fully saturated rings. The van der Waals surface area contributed by atoms with Gasteiger partial charge < -0.3 is 14.4 Å². The van der Waals surface area contributed by atoms with E-state index in [0.29, 0.717) is 11.3 Å². The molecule has 2 heterocycles. The topological polar surface area (TPSA) is 88.6 Å². The van der Waals surface area contributed by atoms with Crippen molar-refractivity contribution in [2.24, 2.45) is 0 Å². The molecule has 30 heavy (non-hydrogen) atoms. The zero-order valence-electron chi connectivity index (χ0n) is 17.4. The van der Waals surface area contributed by atoms with Crippen LogP contribution in [0.5, 0.6) is 0 Å². The van der Waals surface area contributed by atoms with Gasteiger partial charge in [0.2, 0.25) is 0 Å². The Kier molecular flexibility index (Phi) is 4.75. The molecule has 1 aliphatic carbocycles. The summed E-state index contributed by atoms with van der Waals surface area (Å²) in [6.45, 7) is 4.81. The van der Waals surface area contributed by atoms with E-state index in [1.807, 2.05) is 13.0 Å². The first-order valence-electron chi connectivity index (χ1n) is 9.78. The Balaban J connectivity index is 1.90. The Morgan fingerprint density at radius 2 is 2.00 bits per heavy atom. The molecule has 1 aromatic carbocycles. The van der Waals surface area contributed by atoms with Crippen LogP contribution in [0.1, 0.15) is 25.8 Å². The molecule has 2 unspecified atom stereocenters. The van der Waals surface area contributed by atoms with Crippen LogP contribution in [0.3, 0.4) is 0 Å². The fraction of sp³-hybridized carbons (Fsp3) is 0.348. The minimum absolute atomic E-state index is 0.0136. The van der Waals surface area contributed by atoms with Crippen molar-refractivity contribution in [3.8, 4) is 6.07 Å². The Labute approximate surface area is 175 Å². The average Bonchev–Trinajstić information content (AvgIpc) is 3.05. The molecular formula is C23H23N3O4. The third-order valence-corrected chi connectivity index (χ3v) is 6.26. The van der Waals surface area contributed by atoms with E-state index in [9.17, 15) is 15.4 Å². The van der Waals surface area contributed by atoms with Gasteiger partial charge in [-0.3, -0.25) is 10.1 Å². The molecular weight excluding hydrogens is 382 g/mol. The number of hydrogen-bond acceptors (Lipinski definition) is 6. The van der Waals surface area contributed by atoms with Crippen molar-refractivity contribution in [1.29, 1.82) is 5.26 Å². The highest BCUT2D eigenvalue weighted by atomic mass is 16.6. The van der Waals surface area contributed by atoms with Gasteiger partial charge >= 0.3 is 0 Å². The van der Waals surface area contributed by atoms with Gasteiger partial charge in [-0.15, -0.1) is 0 Å². The molecule has 1 aromatic rings. The number of methoxy groups -OCH3 is 2. The van der Waals surface area contributed by atoms with Crippen molar-refractivity contribution >= 4 is 11.3 Å². The number of nitriles is 1. The summed E-state index contributed by atoms with van der Waals surface area (Å²) in [6.07, 6.45) is 4.89. The van der Waals surface area contributed by atoms with Crippen LogP contribution in [0.4, 0.5) is 5.69 Å². The van der Waals surface area contributed by atoms with Crippen LogP contribution in [-0.4, -0.2) is 42.2 Å². The largest absolute Gasteiger partial charge is 0.498 e. The van der Waals surface area contributed by atoms with Gasteiger partial charge in [-0.05, 0) is 55.7 Å². The molecule has 0 N–H and O–H groups in total. The van der Waals surface area contributed by atoms with Crippen LogP contribution in [-0.2, 0) is 9.47 Å². The number of nitro benzene ring substituents is 1. The molecule has 7 nitrogen and oxygen atoms in total. The SMILES string of the molecule is COC1=CC2=C3C(C#N)=C(c4ccc([N+](=O)[O-])cc4)C(C)N3CCC2=CC1(C)OC. The smallest absolute Gasteiger partial charge is 0.269 e. The molecule has 0 bridgehead atoms. The second-order valence-corrected chi connectivity index (χ2v) is 7.78. The minimum atomic E-state index is -0.641. The summed E-state index contributed by atoms with van der Waals surface area (Å²) >= 11 is 0. The Hall–Kier alpha value is -3.37. The molecule has 0 radical (unpaired) electrons. The Morgan fingerprint density at radius 3 is 2.57 bits per heavy atom. The van der Waals surface area contributed by atoms with Crippen LogP contribution < -0.4 is 0 Å². The van der Waals surface area contributed by atoms with Crippen LogP contribution >= 0.6 is 0 Å². The molecule has 2 atom stereocenters. The van der Waals surface area contributed by atoms with E-state index in [1.54, 1.807) is 26.4 Å². The maximum Gasteiger partial charge on any atom is 0.269 e. The predicted molar refractivity (Wildman–Crippen MR) is 112 cm³/mol. The quantitative estimate of drug-likeness (QED) is 0.553. The number of nitrogens with zero attached hydrogens (tertiary/aromatic N) is 3. The van der Waals surface area contributed by atoms with Crippen molar-refractivity contribution in [2.75, 3.05) is 20.8 Å². The van der Waals surface area contributed by atoms with E-state index in [-0.39, 0.29) is 11.7 Å². The lowest BCUT2D eigenvalue weighted by Gasteiger charge is -2.38. The first-order chi connectivity index (χ1) is 14.3. The van der Waals surface area contributed by atoms with Crippen molar-refractivity contribution in [1.82, 2.24) is 4.90 Å². The molecule has 0 aromatic heterocycles. The van der Waals surface area contributed by atoms with Gasteiger partial charge in [-0.1, -0.05) is 0 Å². The van der Waals surface area contributed by atoms with Crippen LogP contribution in [0.15, 0.2) is 64.6 Å². The fourth-order valence-corrected chi connectivity index (χ4v) is 4.62. The third kappa shape index (κ3) is 2.84. The van der Waals surface area contributed by atoms with Gasteiger partial charge in [0, 0.05) is 36.9 Å². The molecule has 4 rings (SSSR count). The molecule has 3 aliphatic rings.